The van der Waals surface area contributed by atoms with E-state index in [-0.39, 0.29) is 6.04 Å². The van der Waals surface area contributed by atoms with Gasteiger partial charge in [0.25, 0.3) is 0 Å². The van der Waals surface area contributed by atoms with Gasteiger partial charge in [-0.15, -0.1) is 0 Å². The van der Waals surface area contributed by atoms with Crippen LogP contribution in [0, 0.1) is 0 Å². The van der Waals surface area contributed by atoms with Crippen molar-refractivity contribution in [3.05, 3.63) is 47.5 Å². The van der Waals surface area contributed by atoms with Gasteiger partial charge >= 0.3 is 0 Å². The van der Waals surface area contributed by atoms with Gasteiger partial charge < -0.3 is 29.7 Å². The molecule has 7 heteroatoms. The molecule has 168 valence electrons. The van der Waals surface area contributed by atoms with Gasteiger partial charge in [-0.1, -0.05) is 12.1 Å². The lowest BCUT2D eigenvalue weighted by molar-refractivity contribution is 0.323. The highest BCUT2D eigenvalue weighted by molar-refractivity contribution is 5.80. The Labute approximate surface area is 185 Å². The number of hydrogen-bond donors (Lipinski definition) is 2. The summed E-state index contributed by atoms with van der Waals surface area (Å²) in [5.41, 5.74) is 3.53. The number of nitrogens with zero attached hydrogens (tertiary/aromatic N) is 2. The molecule has 1 aliphatic heterocycles. The molecule has 1 aliphatic rings. The molecule has 2 aromatic carbocycles. The van der Waals surface area contributed by atoms with E-state index < -0.39 is 0 Å². The molecule has 0 aliphatic carbocycles. The first-order valence-corrected chi connectivity index (χ1v) is 10.7. The Kier molecular flexibility index (Phi) is 7.87. The van der Waals surface area contributed by atoms with Crippen LogP contribution in [-0.2, 0) is 6.54 Å². The normalized spacial score (nSPS) is 14.9. The van der Waals surface area contributed by atoms with E-state index in [0.29, 0.717) is 23.8 Å². The molecular weight excluding hydrogens is 392 g/mol. The quantitative estimate of drug-likeness (QED) is 0.495. The summed E-state index contributed by atoms with van der Waals surface area (Å²) >= 11 is 0. The largest absolute Gasteiger partial charge is 0.493 e. The van der Waals surface area contributed by atoms with Crippen molar-refractivity contribution in [2.75, 3.05) is 46.4 Å². The van der Waals surface area contributed by atoms with Gasteiger partial charge in [-0.3, -0.25) is 4.99 Å². The molecule has 0 aromatic heterocycles. The van der Waals surface area contributed by atoms with Crippen LogP contribution in [0.5, 0.6) is 17.2 Å². The van der Waals surface area contributed by atoms with Crippen LogP contribution in [0.4, 0.5) is 5.69 Å². The van der Waals surface area contributed by atoms with Gasteiger partial charge in [-0.2, -0.15) is 0 Å². The summed E-state index contributed by atoms with van der Waals surface area (Å²) in [6.07, 6.45) is 2.55. The molecule has 1 fully saturated rings. The summed E-state index contributed by atoms with van der Waals surface area (Å²) in [4.78, 5) is 6.84. The third kappa shape index (κ3) is 5.54. The Balaban J connectivity index is 1.65. The van der Waals surface area contributed by atoms with Gasteiger partial charge in [0.2, 0.25) is 5.75 Å². The Morgan fingerprint density at radius 1 is 1.03 bits per heavy atom. The van der Waals surface area contributed by atoms with E-state index in [4.69, 9.17) is 14.2 Å². The minimum atomic E-state index is 0.119. The third-order valence-corrected chi connectivity index (χ3v) is 5.60. The highest BCUT2D eigenvalue weighted by atomic mass is 16.5. The van der Waals surface area contributed by atoms with Gasteiger partial charge in [0.1, 0.15) is 0 Å². The van der Waals surface area contributed by atoms with E-state index >= 15 is 0 Å². The lowest BCUT2D eigenvalue weighted by Crippen LogP contribution is -2.38. The zero-order valence-electron chi connectivity index (χ0n) is 19.2. The lowest BCUT2D eigenvalue weighted by atomic mass is 10.1. The Bertz CT molecular complexity index is 869. The minimum absolute atomic E-state index is 0.119. The van der Waals surface area contributed by atoms with Crippen molar-refractivity contribution in [1.82, 2.24) is 10.6 Å². The predicted molar refractivity (Wildman–Crippen MR) is 126 cm³/mol. The van der Waals surface area contributed by atoms with E-state index in [1.54, 1.807) is 28.4 Å². The molecule has 0 spiro atoms. The Morgan fingerprint density at radius 2 is 1.71 bits per heavy atom. The number of aliphatic imine (C=N–C) groups is 1. The molecule has 1 saturated heterocycles. The van der Waals surface area contributed by atoms with Crippen molar-refractivity contribution >= 4 is 11.6 Å². The van der Waals surface area contributed by atoms with Crippen molar-refractivity contribution in [3.8, 4) is 17.2 Å². The summed E-state index contributed by atoms with van der Waals surface area (Å²) in [6.45, 7) is 5.00. The molecule has 1 atom stereocenters. The monoisotopic (exact) mass is 426 g/mol. The zero-order valence-corrected chi connectivity index (χ0v) is 19.2. The van der Waals surface area contributed by atoms with E-state index in [1.165, 1.54) is 24.1 Å². The fraction of sp³-hybridized carbons (Fsp3) is 0.458. The second kappa shape index (κ2) is 10.8. The number of nitrogens with one attached hydrogen (secondary N) is 2. The van der Waals surface area contributed by atoms with Gasteiger partial charge in [-0.25, -0.2) is 0 Å². The van der Waals surface area contributed by atoms with Gasteiger partial charge in [0, 0.05) is 32.4 Å². The van der Waals surface area contributed by atoms with Crippen LogP contribution in [0.1, 0.15) is 36.9 Å². The molecule has 31 heavy (non-hydrogen) atoms. The average molecular weight is 427 g/mol. The molecule has 1 unspecified atom stereocenters. The van der Waals surface area contributed by atoms with Crippen LogP contribution < -0.4 is 29.7 Å². The molecule has 3 rings (SSSR count). The first-order valence-electron chi connectivity index (χ1n) is 10.7. The van der Waals surface area contributed by atoms with E-state index in [2.05, 4.69) is 51.7 Å². The zero-order chi connectivity index (χ0) is 22.2. The van der Waals surface area contributed by atoms with Crippen LogP contribution >= 0.6 is 0 Å². The smallest absolute Gasteiger partial charge is 0.203 e. The maximum Gasteiger partial charge on any atom is 0.203 e. The van der Waals surface area contributed by atoms with E-state index in [9.17, 15) is 0 Å². The van der Waals surface area contributed by atoms with Crippen molar-refractivity contribution < 1.29 is 14.2 Å². The summed E-state index contributed by atoms with van der Waals surface area (Å²) in [6, 6.07) is 12.7. The lowest BCUT2D eigenvalue weighted by Gasteiger charge is -2.22. The fourth-order valence-corrected chi connectivity index (χ4v) is 3.87. The van der Waals surface area contributed by atoms with Crippen molar-refractivity contribution in [3.63, 3.8) is 0 Å². The molecule has 2 N–H and O–H groups in total. The summed E-state index contributed by atoms with van der Waals surface area (Å²) in [5, 5.41) is 6.86. The highest BCUT2D eigenvalue weighted by Gasteiger charge is 2.16. The second-order valence-corrected chi connectivity index (χ2v) is 7.61. The van der Waals surface area contributed by atoms with Gasteiger partial charge in [0.05, 0.1) is 27.4 Å². The predicted octanol–water partition coefficient (Wildman–Crippen LogP) is 3.74. The topological polar surface area (TPSA) is 67.4 Å². The number of ether oxygens (including phenoxy) is 3. The molecule has 0 saturated carbocycles. The minimum Gasteiger partial charge on any atom is -0.493 e. The van der Waals surface area contributed by atoms with Crippen LogP contribution in [0.3, 0.4) is 0 Å². The fourth-order valence-electron chi connectivity index (χ4n) is 3.87. The molecule has 2 aromatic rings. The molecule has 0 bridgehead atoms. The molecule has 0 radical (unpaired) electrons. The summed E-state index contributed by atoms with van der Waals surface area (Å²) in [5.74, 6) is 2.58. The maximum absolute atomic E-state index is 5.45. The summed E-state index contributed by atoms with van der Waals surface area (Å²) < 4.78 is 16.3. The number of benzene rings is 2. The first kappa shape index (κ1) is 22.6. The molecule has 0 amide bonds. The highest BCUT2D eigenvalue weighted by Crippen LogP contribution is 2.38. The number of hydrogen-bond acceptors (Lipinski definition) is 5. The van der Waals surface area contributed by atoms with Gasteiger partial charge in [0.15, 0.2) is 17.5 Å². The Morgan fingerprint density at radius 3 is 2.29 bits per heavy atom. The summed E-state index contributed by atoms with van der Waals surface area (Å²) in [7, 11) is 6.61. The average Bonchev–Trinajstić information content (AvgIpc) is 3.36. The number of anilines is 1. The SMILES string of the molecule is CN=C(NCc1cc(OC)c(OC)c(OC)c1)NC(C)c1cccc(N2CCCC2)c1. The second-order valence-electron chi connectivity index (χ2n) is 7.61. The number of guanidine groups is 1. The molecule has 7 nitrogen and oxygen atoms in total. The van der Waals surface area contributed by atoms with E-state index in [1.807, 2.05) is 12.1 Å². The van der Waals surface area contributed by atoms with Crippen LogP contribution in [0.25, 0.3) is 0 Å². The first-order chi connectivity index (χ1) is 15.1. The van der Waals surface area contributed by atoms with Gasteiger partial charge in [-0.05, 0) is 55.2 Å². The maximum atomic E-state index is 5.45. The van der Waals surface area contributed by atoms with Crippen LogP contribution in [0.15, 0.2) is 41.4 Å². The van der Waals surface area contributed by atoms with Crippen LogP contribution in [-0.4, -0.2) is 47.4 Å². The van der Waals surface area contributed by atoms with Crippen LogP contribution in [0.2, 0.25) is 0 Å². The number of methoxy groups -OCH3 is 3. The van der Waals surface area contributed by atoms with Crippen molar-refractivity contribution in [2.24, 2.45) is 4.99 Å². The molecular formula is C24H34N4O3. The van der Waals surface area contributed by atoms with Crippen molar-refractivity contribution in [1.29, 1.82) is 0 Å². The van der Waals surface area contributed by atoms with Crippen molar-refractivity contribution in [2.45, 2.75) is 32.4 Å². The third-order valence-electron chi connectivity index (χ3n) is 5.60. The Hall–Kier alpha value is -3.09. The molecule has 1 heterocycles. The standard InChI is InChI=1S/C24H34N4O3/c1-17(19-9-8-10-20(15-19)28-11-6-7-12-28)27-24(25-2)26-16-18-13-21(29-3)23(31-5)22(14-18)30-4/h8-10,13-15,17H,6-7,11-12,16H2,1-5H3,(H2,25,26,27). The number of rotatable bonds is 8. The van der Waals surface area contributed by atoms with E-state index in [0.717, 1.165) is 24.6 Å².